The number of nitrogens with zero attached hydrogens (tertiary/aromatic N) is 7. The predicted molar refractivity (Wildman–Crippen MR) is 106 cm³/mol. The van der Waals surface area contributed by atoms with Gasteiger partial charge < -0.3 is 14.5 Å². The van der Waals surface area contributed by atoms with E-state index in [1.807, 2.05) is 4.90 Å². The first-order valence-electron chi connectivity index (χ1n) is 9.79. The van der Waals surface area contributed by atoms with Gasteiger partial charge in [0.25, 0.3) is 0 Å². The van der Waals surface area contributed by atoms with Gasteiger partial charge in [-0.3, -0.25) is 4.98 Å². The number of rotatable bonds is 3. The minimum atomic E-state index is -4.47. The normalized spacial score (nSPS) is 16.5. The highest BCUT2D eigenvalue weighted by molar-refractivity contribution is 5.76. The van der Waals surface area contributed by atoms with Gasteiger partial charge in [-0.15, -0.1) is 0 Å². The van der Waals surface area contributed by atoms with Gasteiger partial charge in [-0.1, -0.05) is 0 Å². The highest BCUT2D eigenvalue weighted by atomic mass is 19.4. The van der Waals surface area contributed by atoms with E-state index in [4.69, 9.17) is 14.7 Å². The van der Waals surface area contributed by atoms with E-state index < -0.39 is 11.7 Å². The Morgan fingerprint density at radius 3 is 2.42 bits per heavy atom. The molecule has 0 amide bonds. The zero-order valence-corrected chi connectivity index (χ0v) is 16.4. The summed E-state index contributed by atoms with van der Waals surface area (Å²) >= 11 is 0. The zero-order chi connectivity index (χ0) is 21.4. The molecular weight excluding hydrogens is 411 g/mol. The quantitative estimate of drug-likeness (QED) is 0.629. The van der Waals surface area contributed by atoms with E-state index in [1.54, 1.807) is 17.3 Å². The second-order valence-corrected chi connectivity index (χ2v) is 7.23. The van der Waals surface area contributed by atoms with Gasteiger partial charge in [0.2, 0.25) is 5.95 Å². The van der Waals surface area contributed by atoms with E-state index in [-0.39, 0.29) is 0 Å². The summed E-state index contributed by atoms with van der Waals surface area (Å²) < 4.78 is 45.1. The van der Waals surface area contributed by atoms with Crippen molar-refractivity contribution in [3.63, 3.8) is 0 Å². The van der Waals surface area contributed by atoms with Crippen LogP contribution in [0, 0.1) is 0 Å². The van der Waals surface area contributed by atoms with Crippen LogP contribution in [-0.2, 0) is 17.3 Å². The van der Waals surface area contributed by atoms with Gasteiger partial charge in [0, 0.05) is 49.4 Å². The summed E-state index contributed by atoms with van der Waals surface area (Å²) in [6.07, 6.45) is 3.15. The lowest BCUT2D eigenvalue weighted by atomic mass is 10.1. The van der Waals surface area contributed by atoms with Crippen LogP contribution in [0.15, 0.2) is 37.2 Å². The lowest BCUT2D eigenvalue weighted by Crippen LogP contribution is -2.37. The Labute approximate surface area is 175 Å². The lowest BCUT2D eigenvalue weighted by Gasteiger charge is -2.28. The SMILES string of the molecule is FC(F)(F)c1cncc(N2CCc3c(-c4cncnc4)nc(N4CCOCC4)nc32)c1. The Bertz CT molecular complexity index is 1090. The number of morpholine rings is 1. The van der Waals surface area contributed by atoms with Crippen molar-refractivity contribution in [2.24, 2.45) is 0 Å². The van der Waals surface area contributed by atoms with Crippen LogP contribution < -0.4 is 9.80 Å². The molecule has 0 atom stereocenters. The van der Waals surface area contributed by atoms with Gasteiger partial charge in [-0.25, -0.2) is 15.0 Å². The van der Waals surface area contributed by atoms with E-state index >= 15 is 0 Å². The lowest BCUT2D eigenvalue weighted by molar-refractivity contribution is -0.137. The Kier molecular flexibility index (Phi) is 4.89. The molecule has 160 valence electrons. The van der Waals surface area contributed by atoms with Crippen LogP contribution in [0.25, 0.3) is 11.3 Å². The second-order valence-electron chi connectivity index (χ2n) is 7.23. The fourth-order valence-electron chi connectivity index (χ4n) is 3.79. The Hall–Kier alpha value is -3.34. The van der Waals surface area contributed by atoms with E-state index in [9.17, 15) is 13.2 Å². The first-order chi connectivity index (χ1) is 15.0. The number of ether oxygens (including phenoxy) is 1. The summed E-state index contributed by atoms with van der Waals surface area (Å²) in [6, 6.07) is 1.10. The third kappa shape index (κ3) is 3.76. The van der Waals surface area contributed by atoms with Crippen molar-refractivity contribution in [3.05, 3.63) is 48.3 Å². The minimum absolute atomic E-state index is 0.343. The number of fused-ring (bicyclic) bond motifs is 1. The number of anilines is 3. The summed E-state index contributed by atoms with van der Waals surface area (Å²) in [5.41, 5.74) is 1.83. The fraction of sp³-hybridized carbons (Fsp3) is 0.350. The molecule has 2 aliphatic heterocycles. The summed E-state index contributed by atoms with van der Waals surface area (Å²) in [4.78, 5) is 25.3. The summed E-state index contributed by atoms with van der Waals surface area (Å²) in [7, 11) is 0. The molecule has 0 radical (unpaired) electrons. The van der Waals surface area contributed by atoms with Gasteiger partial charge >= 0.3 is 6.18 Å². The fourth-order valence-corrected chi connectivity index (χ4v) is 3.79. The Balaban J connectivity index is 1.62. The van der Waals surface area contributed by atoms with Gasteiger partial charge in [-0.05, 0) is 12.5 Å². The predicted octanol–water partition coefficient (Wildman–Crippen LogP) is 2.88. The Morgan fingerprint density at radius 1 is 0.903 bits per heavy atom. The van der Waals surface area contributed by atoms with Crippen molar-refractivity contribution >= 4 is 17.5 Å². The molecule has 5 heterocycles. The van der Waals surface area contributed by atoms with Gasteiger partial charge in [0.15, 0.2) is 0 Å². The number of halogens is 3. The molecule has 5 rings (SSSR count). The molecule has 0 N–H and O–H groups in total. The van der Waals surface area contributed by atoms with Crippen LogP contribution in [-0.4, -0.2) is 57.8 Å². The topological polar surface area (TPSA) is 80.2 Å². The standard InChI is InChI=1S/C20H18F3N7O/c21-20(22,23)14-7-15(11-24-10-14)30-2-1-16-17(13-8-25-12-26-9-13)27-19(28-18(16)30)29-3-5-31-6-4-29/h7-12H,1-6H2. The molecule has 1 saturated heterocycles. The van der Waals surface area contributed by atoms with Crippen molar-refractivity contribution in [2.45, 2.75) is 12.6 Å². The molecule has 8 nitrogen and oxygen atoms in total. The molecule has 0 bridgehead atoms. The molecule has 1 fully saturated rings. The number of hydrogen-bond donors (Lipinski definition) is 0. The van der Waals surface area contributed by atoms with Crippen LogP contribution in [0.5, 0.6) is 0 Å². The first-order valence-corrected chi connectivity index (χ1v) is 9.79. The van der Waals surface area contributed by atoms with Crippen LogP contribution in [0.2, 0.25) is 0 Å². The summed E-state index contributed by atoms with van der Waals surface area (Å²) in [6.45, 7) is 2.86. The average molecular weight is 429 g/mol. The summed E-state index contributed by atoms with van der Waals surface area (Å²) in [5, 5.41) is 0. The molecule has 31 heavy (non-hydrogen) atoms. The number of aromatic nitrogens is 5. The molecular formula is C20H18F3N7O. The Morgan fingerprint density at radius 2 is 1.68 bits per heavy atom. The molecule has 3 aromatic rings. The minimum Gasteiger partial charge on any atom is -0.378 e. The third-order valence-corrected chi connectivity index (χ3v) is 5.31. The molecule has 2 aliphatic rings. The molecule has 0 unspecified atom stereocenters. The van der Waals surface area contributed by atoms with E-state index in [0.717, 1.165) is 23.4 Å². The molecule has 0 spiro atoms. The van der Waals surface area contributed by atoms with Crippen LogP contribution in [0.4, 0.5) is 30.6 Å². The second kappa shape index (κ2) is 7.73. The number of pyridine rings is 1. The maximum Gasteiger partial charge on any atom is 0.417 e. The van der Waals surface area contributed by atoms with Crippen molar-refractivity contribution < 1.29 is 17.9 Å². The first kappa shape index (κ1) is 19.6. The number of alkyl halides is 3. The largest absolute Gasteiger partial charge is 0.417 e. The van der Waals surface area contributed by atoms with Crippen LogP contribution in [0.1, 0.15) is 11.1 Å². The van der Waals surface area contributed by atoms with E-state index in [2.05, 4.69) is 15.0 Å². The molecule has 11 heteroatoms. The molecule has 0 saturated carbocycles. The van der Waals surface area contributed by atoms with Crippen LogP contribution >= 0.6 is 0 Å². The average Bonchev–Trinajstić information content (AvgIpc) is 3.23. The maximum atomic E-state index is 13.2. The maximum absolute atomic E-state index is 13.2. The van der Waals surface area contributed by atoms with E-state index in [0.29, 0.717) is 62.4 Å². The zero-order valence-electron chi connectivity index (χ0n) is 16.4. The smallest absolute Gasteiger partial charge is 0.378 e. The third-order valence-electron chi connectivity index (χ3n) is 5.31. The number of hydrogen-bond acceptors (Lipinski definition) is 8. The van der Waals surface area contributed by atoms with Crippen molar-refractivity contribution in [1.82, 2.24) is 24.9 Å². The van der Waals surface area contributed by atoms with Crippen molar-refractivity contribution in [1.29, 1.82) is 0 Å². The van der Waals surface area contributed by atoms with Crippen LogP contribution in [0.3, 0.4) is 0 Å². The van der Waals surface area contributed by atoms with Gasteiger partial charge in [0.05, 0.1) is 36.4 Å². The molecule has 0 aliphatic carbocycles. The van der Waals surface area contributed by atoms with E-state index in [1.165, 1.54) is 12.5 Å². The van der Waals surface area contributed by atoms with Crippen molar-refractivity contribution in [2.75, 3.05) is 42.6 Å². The monoisotopic (exact) mass is 429 g/mol. The van der Waals surface area contributed by atoms with Crippen molar-refractivity contribution in [3.8, 4) is 11.3 Å². The molecule has 0 aromatic carbocycles. The van der Waals surface area contributed by atoms with Gasteiger partial charge in [-0.2, -0.15) is 18.2 Å². The molecule has 3 aromatic heterocycles. The summed E-state index contributed by atoms with van der Waals surface area (Å²) in [5.74, 6) is 1.09. The highest BCUT2D eigenvalue weighted by Crippen LogP contribution is 2.40. The highest BCUT2D eigenvalue weighted by Gasteiger charge is 2.34. The van der Waals surface area contributed by atoms with Gasteiger partial charge in [0.1, 0.15) is 12.1 Å².